The van der Waals surface area contributed by atoms with E-state index in [1.807, 2.05) is 56.0 Å². The topological polar surface area (TPSA) is 61.8 Å². The number of aliphatic hydroxyl groups excluding tert-OH is 1. The number of likely N-dealkylation sites (tertiary alicyclic amines) is 1. The quantitative estimate of drug-likeness (QED) is 0.857. The van der Waals surface area contributed by atoms with Gasteiger partial charge in [-0.1, -0.05) is 30.3 Å². The second-order valence-corrected chi connectivity index (χ2v) is 7.95. The molecular formula is C20H32N2O3. The Balaban J connectivity index is 1.83. The van der Waals surface area contributed by atoms with Gasteiger partial charge in [0.25, 0.3) is 0 Å². The van der Waals surface area contributed by atoms with Crippen LogP contribution < -0.4 is 5.32 Å². The second-order valence-electron chi connectivity index (χ2n) is 7.95. The van der Waals surface area contributed by atoms with E-state index in [9.17, 15) is 9.90 Å². The maximum atomic E-state index is 12.3. The van der Waals surface area contributed by atoms with Gasteiger partial charge >= 0.3 is 6.09 Å². The maximum Gasteiger partial charge on any atom is 0.410 e. The summed E-state index contributed by atoms with van der Waals surface area (Å²) in [5.41, 5.74) is 0.453. The SMILES string of the molecule is CC(NCC(O)c1ccccc1)C1CCCN(C(=O)OC(C)(C)C)C1. The van der Waals surface area contributed by atoms with Gasteiger partial charge in [-0.05, 0) is 52.0 Å². The molecule has 5 nitrogen and oxygen atoms in total. The highest BCUT2D eigenvalue weighted by molar-refractivity contribution is 5.68. The zero-order chi connectivity index (χ0) is 18.4. The molecule has 0 bridgehead atoms. The zero-order valence-electron chi connectivity index (χ0n) is 15.9. The van der Waals surface area contributed by atoms with Gasteiger partial charge in [-0.2, -0.15) is 0 Å². The minimum Gasteiger partial charge on any atom is -0.444 e. The van der Waals surface area contributed by atoms with Crippen LogP contribution in [0, 0.1) is 5.92 Å². The van der Waals surface area contributed by atoms with Crippen LogP contribution >= 0.6 is 0 Å². The van der Waals surface area contributed by atoms with E-state index in [0.717, 1.165) is 24.9 Å². The fourth-order valence-corrected chi connectivity index (χ4v) is 3.17. The monoisotopic (exact) mass is 348 g/mol. The predicted molar refractivity (Wildman–Crippen MR) is 99.4 cm³/mol. The van der Waals surface area contributed by atoms with E-state index in [1.54, 1.807) is 0 Å². The van der Waals surface area contributed by atoms with Gasteiger partial charge in [0, 0.05) is 25.7 Å². The molecule has 25 heavy (non-hydrogen) atoms. The Bertz CT molecular complexity index is 542. The molecule has 5 heteroatoms. The molecule has 140 valence electrons. The number of piperidine rings is 1. The molecule has 0 saturated carbocycles. The normalized spacial score (nSPS) is 20.8. The highest BCUT2D eigenvalue weighted by atomic mass is 16.6. The van der Waals surface area contributed by atoms with Crippen molar-refractivity contribution in [2.24, 2.45) is 5.92 Å². The van der Waals surface area contributed by atoms with Crippen molar-refractivity contribution in [3.05, 3.63) is 35.9 Å². The van der Waals surface area contributed by atoms with E-state index in [1.165, 1.54) is 0 Å². The largest absolute Gasteiger partial charge is 0.444 e. The third-order valence-corrected chi connectivity index (χ3v) is 4.63. The molecule has 3 unspecified atom stereocenters. The number of carbonyl (C=O) groups excluding carboxylic acids is 1. The molecule has 2 N–H and O–H groups in total. The Morgan fingerprint density at radius 3 is 2.68 bits per heavy atom. The van der Waals surface area contributed by atoms with Crippen LogP contribution in [0.3, 0.4) is 0 Å². The lowest BCUT2D eigenvalue weighted by Crippen LogP contribution is -2.48. The summed E-state index contributed by atoms with van der Waals surface area (Å²) in [6, 6.07) is 9.90. The summed E-state index contributed by atoms with van der Waals surface area (Å²) in [6.45, 7) is 9.76. The third kappa shape index (κ3) is 6.33. The first kappa shape index (κ1) is 19.7. The molecular weight excluding hydrogens is 316 g/mol. The molecule has 1 aromatic carbocycles. The van der Waals surface area contributed by atoms with Crippen molar-refractivity contribution in [3.8, 4) is 0 Å². The molecule has 0 spiro atoms. The summed E-state index contributed by atoms with van der Waals surface area (Å²) < 4.78 is 5.49. The van der Waals surface area contributed by atoms with Gasteiger partial charge in [0.1, 0.15) is 5.60 Å². The fraction of sp³-hybridized carbons (Fsp3) is 0.650. The minimum absolute atomic E-state index is 0.226. The van der Waals surface area contributed by atoms with Crippen LogP contribution in [0.25, 0.3) is 0 Å². The van der Waals surface area contributed by atoms with Crippen LogP contribution in [0.2, 0.25) is 0 Å². The number of ether oxygens (including phenoxy) is 1. The van der Waals surface area contributed by atoms with Gasteiger partial charge < -0.3 is 20.1 Å². The van der Waals surface area contributed by atoms with Gasteiger partial charge in [-0.3, -0.25) is 0 Å². The van der Waals surface area contributed by atoms with Crippen molar-refractivity contribution in [2.45, 2.75) is 58.3 Å². The van der Waals surface area contributed by atoms with Gasteiger partial charge in [0.15, 0.2) is 0 Å². The van der Waals surface area contributed by atoms with Crippen molar-refractivity contribution in [1.82, 2.24) is 10.2 Å². The number of nitrogens with zero attached hydrogens (tertiary/aromatic N) is 1. The highest BCUT2D eigenvalue weighted by Crippen LogP contribution is 2.22. The fourth-order valence-electron chi connectivity index (χ4n) is 3.17. The van der Waals surface area contributed by atoms with Crippen molar-refractivity contribution >= 4 is 6.09 Å². The van der Waals surface area contributed by atoms with Crippen LogP contribution in [0.4, 0.5) is 4.79 Å². The van der Waals surface area contributed by atoms with Crippen molar-refractivity contribution in [2.75, 3.05) is 19.6 Å². The molecule has 1 saturated heterocycles. The molecule has 1 aromatic rings. The lowest BCUT2D eigenvalue weighted by atomic mass is 9.91. The van der Waals surface area contributed by atoms with Crippen molar-refractivity contribution in [3.63, 3.8) is 0 Å². The molecule has 0 aliphatic carbocycles. The van der Waals surface area contributed by atoms with Crippen molar-refractivity contribution < 1.29 is 14.6 Å². The molecule has 1 fully saturated rings. The summed E-state index contributed by atoms with van der Waals surface area (Å²) in [5.74, 6) is 0.365. The number of hydrogen-bond acceptors (Lipinski definition) is 4. The zero-order valence-corrected chi connectivity index (χ0v) is 15.9. The highest BCUT2D eigenvalue weighted by Gasteiger charge is 2.30. The van der Waals surface area contributed by atoms with E-state index < -0.39 is 11.7 Å². The lowest BCUT2D eigenvalue weighted by molar-refractivity contribution is 0.0145. The minimum atomic E-state index is -0.519. The first-order valence-electron chi connectivity index (χ1n) is 9.20. The molecule has 1 amide bonds. The van der Waals surface area contributed by atoms with E-state index in [0.29, 0.717) is 19.0 Å². The second kappa shape index (κ2) is 8.68. The molecule has 0 aromatic heterocycles. The van der Waals surface area contributed by atoms with E-state index in [2.05, 4.69) is 12.2 Å². The lowest BCUT2D eigenvalue weighted by Gasteiger charge is -2.37. The third-order valence-electron chi connectivity index (χ3n) is 4.63. The average Bonchev–Trinajstić information content (AvgIpc) is 2.58. The smallest absolute Gasteiger partial charge is 0.410 e. The van der Waals surface area contributed by atoms with Crippen LogP contribution in [0.1, 0.15) is 52.2 Å². The Morgan fingerprint density at radius 2 is 2.04 bits per heavy atom. The Hall–Kier alpha value is -1.59. The summed E-state index contributed by atoms with van der Waals surface area (Å²) >= 11 is 0. The van der Waals surface area contributed by atoms with E-state index in [-0.39, 0.29) is 12.1 Å². The van der Waals surface area contributed by atoms with Gasteiger partial charge in [-0.15, -0.1) is 0 Å². The number of amides is 1. The molecule has 1 aliphatic heterocycles. The molecule has 0 radical (unpaired) electrons. The van der Waals surface area contributed by atoms with Crippen LogP contribution in [0.5, 0.6) is 0 Å². The van der Waals surface area contributed by atoms with Gasteiger partial charge in [-0.25, -0.2) is 4.79 Å². The summed E-state index contributed by atoms with van der Waals surface area (Å²) in [4.78, 5) is 14.1. The van der Waals surface area contributed by atoms with E-state index in [4.69, 9.17) is 4.74 Å². The Kier molecular flexibility index (Phi) is 6.85. The number of nitrogens with one attached hydrogen (secondary N) is 1. The summed E-state index contributed by atoms with van der Waals surface area (Å²) in [6.07, 6.45) is 1.31. The number of hydrogen-bond donors (Lipinski definition) is 2. The first-order chi connectivity index (χ1) is 11.8. The van der Waals surface area contributed by atoms with Crippen LogP contribution in [-0.2, 0) is 4.74 Å². The number of rotatable bonds is 5. The molecule has 3 atom stereocenters. The molecule has 1 aliphatic rings. The molecule has 2 rings (SSSR count). The average molecular weight is 348 g/mol. The van der Waals surface area contributed by atoms with E-state index >= 15 is 0 Å². The number of carbonyl (C=O) groups is 1. The Morgan fingerprint density at radius 1 is 1.36 bits per heavy atom. The number of benzene rings is 1. The first-order valence-corrected chi connectivity index (χ1v) is 9.20. The number of aliphatic hydroxyl groups is 1. The molecule has 1 heterocycles. The predicted octanol–water partition coefficient (Wildman–Crippen LogP) is 3.35. The summed E-state index contributed by atoms with van der Waals surface area (Å²) in [5, 5.41) is 13.7. The van der Waals surface area contributed by atoms with Crippen LogP contribution in [0.15, 0.2) is 30.3 Å². The standard InChI is InChI=1S/C20H32N2O3/c1-15(21-13-18(23)16-9-6-5-7-10-16)17-11-8-12-22(14-17)19(24)25-20(2,3)4/h5-7,9-10,15,17-18,21,23H,8,11-14H2,1-4H3. The van der Waals surface area contributed by atoms with Gasteiger partial charge in [0.05, 0.1) is 6.10 Å². The summed E-state index contributed by atoms with van der Waals surface area (Å²) in [7, 11) is 0. The van der Waals surface area contributed by atoms with Crippen LogP contribution in [-0.4, -0.2) is 47.4 Å². The maximum absolute atomic E-state index is 12.3. The Labute approximate surface area is 151 Å². The van der Waals surface area contributed by atoms with Gasteiger partial charge in [0.2, 0.25) is 0 Å². The van der Waals surface area contributed by atoms with Crippen molar-refractivity contribution in [1.29, 1.82) is 0 Å².